The van der Waals surface area contributed by atoms with Gasteiger partial charge in [-0.3, -0.25) is 24.8 Å². The summed E-state index contributed by atoms with van der Waals surface area (Å²) in [6.45, 7) is 7.43. The zero-order valence-electron chi connectivity index (χ0n) is 16.8. The van der Waals surface area contributed by atoms with Crippen LogP contribution in [0.1, 0.15) is 31.4 Å². The molecule has 1 aromatic carbocycles. The van der Waals surface area contributed by atoms with Gasteiger partial charge in [0, 0.05) is 32.7 Å². The number of hydrazine groups is 1. The van der Waals surface area contributed by atoms with Crippen molar-refractivity contribution in [2.45, 2.75) is 32.4 Å². The van der Waals surface area contributed by atoms with Crippen LogP contribution in [0.2, 0.25) is 0 Å². The molecule has 2 saturated heterocycles. The summed E-state index contributed by atoms with van der Waals surface area (Å²) < 4.78 is 0. The average Bonchev–Trinajstić information content (AvgIpc) is 2.93. The molecule has 0 radical (unpaired) electrons. The number of nitrogens with zero attached hydrogens (tertiary/aromatic N) is 4. The Kier molecular flexibility index (Phi) is 6.15. The van der Waals surface area contributed by atoms with Gasteiger partial charge in [-0.1, -0.05) is 19.1 Å². The Morgan fingerprint density at radius 2 is 1.79 bits per heavy atom. The summed E-state index contributed by atoms with van der Waals surface area (Å²) in [5.74, 6) is -0.819. The summed E-state index contributed by atoms with van der Waals surface area (Å²) in [7, 11) is 0. The molecular weight excluding hydrogens is 372 g/mol. The highest BCUT2D eigenvalue weighted by atomic mass is 16.2. The Hall–Kier alpha value is -2.96. The second kappa shape index (κ2) is 8.59. The molecule has 9 nitrogen and oxygen atoms in total. The molecule has 2 fully saturated rings. The van der Waals surface area contributed by atoms with Gasteiger partial charge >= 0.3 is 6.03 Å². The second-order valence-corrected chi connectivity index (χ2v) is 7.65. The van der Waals surface area contributed by atoms with Crippen LogP contribution < -0.4 is 10.7 Å². The molecule has 3 rings (SSSR count). The van der Waals surface area contributed by atoms with Crippen LogP contribution in [0.4, 0.5) is 4.79 Å². The average molecular weight is 398 g/mol. The van der Waals surface area contributed by atoms with E-state index in [1.165, 1.54) is 0 Å². The van der Waals surface area contributed by atoms with Gasteiger partial charge in [0.15, 0.2) is 0 Å². The first-order valence-electron chi connectivity index (χ1n) is 9.74. The third kappa shape index (κ3) is 4.72. The smallest absolute Gasteiger partial charge is 0.322 e. The van der Waals surface area contributed by atoms with Crippen molar-refractivity contribution in [1.82, 2.24) is 25.6 Å². The van der Waals surface area contributed by atoms with E-state index in [1.807, 2.05) is 29.2 Å². The lowest BCUT2D eigenvalue weighted by Crippen LogP contribution is -2.53. The molecule has 154 valence electrons. The van der Waals surface area contributed by atoms with Gasteiger partial charge in [-0.25, -0.2) is 4.79 Å². The highest BCUT2D eigenvalue weighted by Crippen LogP contribution is 2.19. The number of rotatable bonds is 6. The van der Waals surface area contributed by atoms with Gasteiger partial charge in [-0.05, 0) is 31.0 Å². The summed E-state index contributed by atoms with van der Waals surface area (Å²) in [6, 6.07) is 9.06. The first-order valence-corrected chi connectivity index (χ1v) is 9.74. The van der Waals surface area contributed by atoms with Gasteiger partial charge in [0.25, 0.3) is 11.8 Å². The maximum Gasteiger partial charge on any atom is 0.344 e. The van der Waals surface area contributed by atoms with E-state index in [4.69, 9.17) is 5.26 Å². The van der Waals surface area contributed by atoms with Gasteiger partial charge in [-0.2, -0.15) is 10.3 Å². The quantitative estimate of drug-likeness (QED) is 0.673. The molecule has 0 spiro atoms. The van der Waals surface area contributed by atoms with Crippen molar-refractivity contribution in [3.63, 3.8) is 0 Å². The number of nitrogens with one attached hydrogen (secondary N) is 2. The van der Waals surface area contributed by atoms with Gasteiger partial charge < -0.3 is 5.32 Å². The first-order chi connectivity index (χ1) is 13.8. The molecule has 2 N–H and O–H groups in total. The van der Waals surface area contributed by atoms with Crippen LogP contribution in [0.3, 0.4) is 0 Å². The monoisotopic (exact) mass is 398 g/mol. The van der Waals surface area contributed by atoms with Crippen molar-refractivity contribution < 1.29 is 14.4 Å². The number of hydrogen-bond donors (Lipinski definition) is 2. The largest absolute Gasteiger partial charge is 0.344 e. The van der Waals surface area contributed by atoms with Crippen LogP contribution in [0, 0.1) is 11.3 Å². The molecule has 0 saturated carbocycles. The van der Waals surface area contributed by atoms with E-state index in [1.54, 1.807) is 13.8 Å². The number of urea groups is 1. The molecule has 1 aromatic rings. The Balaban J connectivity index is 1.44. The number of piperazine rings is 1. The lowest BCUT2D eigenvalue weighted by molar-refractivity contribution is -0.139. The second-order valence-electron chi connectivity index (χ2n) is 7.65. The number of amides is 4. The van der Waals surface area contributed by atoms with Crippen molar-refractivity contribution in [2.24, 2.45) is 0 Å². The fourth-order valence-electron chi connectivity index (χ4n) is 3.44. The highest BCUT2D eigenvalue weighted by Gasteiger charge is 2.47. The highest BCUT2D eigenvalue weighted by molar-refractivity contribution is 6.07. The van der Waals surface area contributed by atoms with E-state index in [-0.39, 0.29) is 12.5 Å². The van der Waals surface area contributed by atoms with Crippen molar-refractivity contribution in [3.8, 4) is 6.07 Å². The maximum absolute atomic E-state index is 12.3. The molecule has 1 unspecified atom stereocenters. The molecule has 9 heteroatoms. The number of imide groups is 1. The fourth-order valence-corrected chi connectivity index (χ4v) is 3.44. The minimum absolute atomic E-state index is 0.130. The van der Waals surface area contributed by atoms with E-state index >= 15 is 0 Å². The van der Waals surface area contributed by atoms with E-state index in [9.17, 15) is 14.4 Å². The number of nitriles is 1. The molecule has 0 bridgehead atoms. The number of benzene rings is 1. The lowest BCUT2D eigenvalue weighted by Gasteiger charge is -2.34. The van der Waals surface area contributed by atoms with Crippen LogP contribution >= 0.6 is 0 Å². The standard InChI is InChI=1S/C20H26N6O3/c1-3-20(2)18(28)26(19(29)22-20)23-17(27)14-25-10-8-24(9-11-25)13-16-6-4-15(12-21)5-7-16/h4-7H,3,8-11,13-14H2,1-2H3,(H,22,29)(H,23,27). The first kappa shape index (κ1) is 20.8. The van der Waals surface area contributed by atoms with E-state index in [2.05, 4.69) is 21.7 Å². The number of carbonyl (C=O) groups excluding carboxylic acids is 3. The van der Waals surface area contributed by atoms with Gasteiger partial charge in [-0.15, -0.1) is 0 Å². The molecule has 2 heterocycles. The Morgan fingerprint density at radius 1 is 1.17 bits per heavy atom. The lowest BCUT2D eigenvalue weighted by atomic mass is 10.00. The van der Waals surface area contributed by atoms with Crippen LogP contribution in [0.25, 0.3) is 0 Å². The van der Waals surface area contributed by atoms with Gasteiger partial charge in [0.05, 0.1) is 18.2 Å². The van der Waals surface area contributed by atoms with Gasteiger partial charge in [0.1, 0.15) is 5.54 Å². The van der Waals surface area contributed by atoms with E-state index in [0.29, 0.717) is 12.0 Å². The summed E-state index contributed by atoms with van der Waals surface area (Å²) in [5.41, 5.74) is 3.25. The summed E-state index contributed by atoms with van der Waals surface area (Å²) in [5, 5.41) is 12.3. The van der Waals surface area contributed by atoms with E-state index < -0.39 is 17.5 Å². The third-order valence-electron chi connectivity index (χ3n) is 5.53. The van der Waals surface area contributed by atoms with Crippen molar-refractivity contribution >= 4 is 17.8 Å². The van der Waals surface area contributed by atoms with E-state index in [0.717, 1.165) is 43.3 Å². The van der Waals surface area contributed by atoms with Crippen LogP contribution in [-0.2, 0) is 16.1 Å². The van der Waals surface area contributed by atoms with Crippen LogP contribution in [-0.4, -0.2) is 70.9 Å². The van der Waals surface area contributed by atoms with Crippen molar-refractivity contribution in [1.29, 1.82) is 5.26 Å². The fraction of sp³-hybridized carbons (Fsp3) is 0.500. The normalized spacial score (nSPS) is 23.0. The zero-order valence-corrected chi connectivity index (χ0v) is 16.8. The van der Waals surface area contributed by atoms with Crippen molar-refractivity contribution in [3.05, 3.63) is 35.4 Å². The summed E-state index contributed by atoms with van der Waals surface area (Å²) in [4.78, 5) is 40.9. The minimum Gasteiger partial charge on any atom is -0.322 e. The molecule has 29 heavy (non-hydrogen) atoms. The third-order valence-corrected chi connectivity index (χ3v) is 5.53. The molecule has 1 atom stereocenters. The molecule has 0 aliphatic carbocycles. The Labute approximate surface area is 170 Å². The molecule has 0 aromatic heterocycles. The topological polar surface area (TPSA) is 109 Å². The molecular formula is C20H26N6O3. The zero-order chi connectivity index (χ0) is 21.0. The molecule has 2 aliphatic rings. The van der Waals surface area contributed by atoms with Crippen LogP contribution in [0.15, 0.2) is 24.3 Å². The maximum atomic E-state index is 12.3. The predicted octanol–water partition coefficient (Wildman–Crippen LogP) is 0.428. The van der Waals surface area contributed by atoms with Crippen molar-refractivity contribution in [2.75, 3.05) is 32.7 Å². The summed E-state index contributed by atoms with van der Waals surface area (Å²) >= 11 is 0. The van der Waals surface area contributed by atoms with Gasteiger partial charge in [0.2, 0.25) is 0 Å². The number of carbonyl (C=O) groups is 3. The SMILES string of the molecule is CCC1(C)NC(=O)N(NC(=O)CN2CCN(Cc3ccc(C#N)cc3)CC2)C1=O. The minimum atomic E-state index is -0.971. The molecule has 2 aliphatic heterocycles. The van der Waals surface area contributed by atoms with Crippen LogP contribution in [0.5, 0.6) is 0 Å². The Bertz CT molecular complexity index is 826. The Morgan fingerprint density at radius 3 is 2.34 bits per heavy atom. The number of hydrogen-bond acceptors (Lipinski definition) is 6. The predicted molar refractivity (Wildman–Crippen MR) is 105 cm³/mol. The molecule has 4 amide bonds. The summed E-state index contributed by atoms with van der Waals surface area (Å²) in [6.07, 6.45) is 0.450.